The molecule has 0 spiro atoms. The third kappa shape index (κ3) is 5.12. The number of non-ortho nitro benzene ring substituents is 1. The number of carbonyl (C=O) groups is 1. The van der Waals surface area contributed by atoms with Crippen molar-refractivity contribution >= 4 is 50.7 Å². The van der Waals surface area contributed by atoms with Crippen molar-refractivity contribution in [3.63, 3.8) is 0 Å². The van der Waals surface area contributed by atoms with Gasteiger partial charge in [0.25, 0.3) is 11.6 Å². The number of carbonyl (C=O) groups excluding carboxylic acids is 1. The Labute approximate surface area is 228 Å². The highest BCUT2D eigenvalue weighted by Crippen LogP contribution is 2.39. The largest absolute Gasteiger partial charge is 0.481 e. The van der Waals surface area contributed by atoms with Crippen LogP contribution >= 0.6 is 15.9 Å². The van der Waals surface area contributed by atoms with Gasteiger partial charge in [0, 0.05) is 18.2 Å². The number of hydrogen-bond acceptors (Lipinski definition) is 7. The van der Waals surface area contributed by atoms with Gasteiger partial charge in [0.15, 0.2) is 23.3 Å². The minimum absolute atomic E-state index is 0.0164. The van der Waals surface area contributed by atoms with Crippen LogP contribution in [0.1, 0.15) is 18.1 Å². The number of nitro groups is 2. The predicted octanol–water partition coefficient (Wildman–Crippen LogP) is 6.35. The summed E-state index contributed by atoms with van der Waals surface area (Å²) in [6.07, 6.45) is 1.07. The van der Waals surface area contributed by atoms with E-state index < -0.39 is 56.2 Å². The average molecular weight is 627 g/mol. The van der Waals surface area contributed by atoms with Crippen molar-refractivity contribution in [2.45, 2.75) is 13.5 Å². The van der Waals surface area contributed by atoms with Crippen molar-refractivity contribution in [2.75, 3.05) is 5.01 Å². The van der Waals surface area contributed by atoms with E-state index in [1.165, 1.54) is 37.3 Å². The monoisotopic (exact) mass is 626 g/mol. The van der Waals surface area contributed by atoms with Gasteiger partial charge in [-0.1, -0.05) is 0 Å². The van der Waals surface area contributed by atoms with E-state index in [1.54, 1.807) is 0 Å². The number of nitrogens with zero attached hydrogens (tertiary/aromatic N) is 4. The second-order valence-electron chi connectivity index (χ2n) is 8.10. The van der Waals surface area contributed by atoms with Gasteiger partial charge in [-0.15, -0.1) is 0 Å². The molecule has 0 aliphatic carbocycles. The molecule has 0 bridgehead atoms. The maximum absolute atomic E-state index is 14.3. The zero-order valence-electron chi connectivity index (χ0n) is 19.8. The van der Waals surface area contributed by atoms with E-state index in [2.05, 4.69) is 21.0 Å². The van der Waals surface area contributed by atoms with E-state index in [9.17, 15) is 47.0 Å². The smallest absolute Gasteiger partial charge is 0.312 e. The van der Waals surface area contributed by atoms with E-state index in [0.29, 0.717) is 5.56 Å². The van der Waals surface area contributed by atoms with Crippen molar-refractivity contribution < 1.29 is 41.3 Å². The Morgan fingerprint density at radius 1 is 0.950 bits per heavy atom. The second-order valence-corrected chi connectivity index (χ2v) is 8.95. The molecule has 40 heavy (non-hydrogen) atoms. The maximum atomic E-state index is 14.3. The van der Waals surface area contributed by atoms with E-state index >= 15 is 0 Å². The van der Waals surface area contributed by atoms with Crippen LogP contribution in [-0.4, -0.2) is 21.5 Å². The summed E-state index contributed by atoms with van der Waals surface area (Å²) in [6.45, 7) is 1.03. The molecule has 1 aliphatic heterocycles. The minimum Gasteiger partial charge on any atom is -0.481 e. The number of anilines is 1. The number of hydrazone groups is 1. The molecule has 3 aromatic rings. The van der Waals surface area contributed by atoms with E-state index in [1.807, 2.05) is 0 Å². The molecule has 206 valence electrons. The molecule has 4 rings (SSSR count). The fraction of sp³-hybridized carbons (Fsp3) is 0.0833. The summed E-state index contributed by atoms with van der Waals surface area (Å²) in [6, 6.07) is 7.60. The topological polar surface area (TPSA) is 128 Å². The summed E-state index contributed by atoms with van der Waals surface area (Å²) in [5, 5.41) is 26.2. The van der Waals surface area contributed by atoms with Gasteiger partial charge in [-0.2, -0.15) is 10.1 Å². The Bertz CT molecular complexity index is 1630. The van der Waals surface area contributed by atoms with Gasteiger partial charge in [0.2, 0.25) is 11.6 Å². The first kappa shape index (κ1) is 28.3. The number of halogens is 6. The summed E-state index contributed by atoms with van der Waals surface area (Å²) >= 11 is 3.15. The fourth-order valence-electron chi connectivity index (χ4n) is 3.61. The molecule has 1 amide bonds. The van der Waals surface area contributed by atoms with Crippen molar-refractivity contribution in [1.82, 2.24) is 0 Å². The van der Waals surface area contributed by atoms with Gasteiger partial charge in [-0.05, 0) is 58.3 Å². The van der Waals surface area contributed by atoms with Gasteiger partial charge < -0.3 is 4.74 Å². The number of benzene rings is 3. The molecule has 3 aromatic carbocycles. The zero-order valence-corrected chi connectivity index (χ0v) is 21.3. The summed E-state index contributed by atoms with van der Waals surface area (Å²) in [4.78, 5) is 34.1. The minimum atomic E-state index is -2.41. The highest BCUT2D eigenvalue weighted by atomic mass is 79.9. The van der Waals surface area contributed by atoms with Crippen LogP contribution in [0.2, 0.25) is 0 Å². The third-order valence-electron chi connectivity index (χ3n) is 5.55. The van der Waals surface area contributed by atoms with Gasteiger partial charge >= 0.3 is 5.69 Å². The van der Waals surface area contributed by atoms with Crippen molar-refractivity contribution in [3.8, 4) is 5.75 Å². The lowest BCUT2D eigenvalue weighted by molar-refractivity contribution is -0.386. The Morgan fingerprint density at radius 3 is 2.08 bits per heavy atom. The Balaban J connectivity index is 1.66. The van der Waals surface area contributed by atoms with Crippen LogP contribution in [0.3, 0.4) is 0 Å². The number of hydrogen-bond donors (Lipinski definition) is 0. The van der Waals surface area contributed by atoms with Crippen LogP contribution in [0.25, 0.3) is 6.08 Å². The zero-order chi connectivity index (χ0) is 29.5. The maximum Gasteiger partial charge on any atom is 0.312 e. The number of nitro benzene ring substituents is 2. The molecule has 0 radical (unpaired) electrons. The van der Waals surface area contributed by atoms with Crippen LogP contribution < -0.4 is 9.75 Å². The summed E-state index contributed by atoms with van der Waals surface area (Å²) in [5.41, 5.74) is -2.32. The molecule has 0 atom stereocenters. The first-order valence-electron chi connectivity index (χ1n) is 10.8. The first-order valence-corrected chi connectivity index (χ1v) is 11.6. The van der Waals surface area contributed by atoms with Crippen LogP contribution in [0.5, 0.6) is 5.75 Å². The normalized spacial score (nSPS) is 14.1. The molecule has 1 heterocycles. The van der Waals surface area contributed by atoms with Gasteiger partial charge in [0.05, 0.1) is 25.6 Å². The summed E-state index contributed by atoms with van der Waals surface area (Å²) in [7, 11) is 0. The van der Waals surface area contributed by atoms with E-state index in [4.69, 9.17) is 4.74 Å². The number of amides is 1. The molecule has 0 fully saturated rings. The average Bonchev–Trinajstić information content (AvgIpc) is 3.18. The molecule has 0 N–H and O–H groups in total. The fourth-order valence-corrected chi connectivity index (χ4v) is 4.19. The summed E-state index contributed by atoms with van der Waals surface area (Å²) < 4.78 is 74.9. The SMILES string of the molecule is CC1=NN(c2c(F)c(F)c(F)c(F)c2F)C(=O)/C1=C\c1cc(Br)c(OCc2ccc([N+](=O)[O-])cc2)c([N+](=O)[O-])c1. The molecule has 0 saturated carbocycles. The molecular formula is C24H12BrF5N4O6. The van der Waals surface area contributed by atoms with Crippen LogP contribution in [0.15, 0.2) is 51.5 Å². The molecule has 0 aromatic heterocycles. The van der Waals surface area contributed by atoms with Crippen LogP contribution in [0, 0.1) is 49.3 Å². The first-order chi connectivity index (χ1) is 18.8. The van der Waals surface area contributed by atoms with Gasteiger partial charge in [-0.25, -0.2) is 22.0 Å². The lowest BCUT2D eigenvalue weighted by Gasteiger charge is -2.15. The predicted molar refractivity (Wildman–Crippen MR) is 133 cm³/mol. The van der Waals surface area contributed by atoms with Crippen molar-refractivity contribution in [3.05, 3.63) is 107 Å². The molecule has 16 heteroatoms. The Morgan fingerprint density at radius 2 is 1.52 bits per heavy atom. The number of ether oxygens (including phenoxy) is 1. The standard InChI is InChI=1S/C24H12BrF5N4O6/c1-10-14(24(35)32(31-10)22-20(29)18(27)17(26)19(28)21(22)30)6-12-7-15(25)23(16(8-12)34(38)39)40-9-11-2-4-13(5-3-11)33(36)37/h2-8H,9H2,1H3/b14-6-. The Hall–Kier alpha value is -4.73. The second kappa shape index (κ2) is 10.8. The van der Waals surface area contributed by atoms with E-state index in [-0.39, 0.29) is 44.4 Å². The van der Waals surface area contributed by atoms with E-state index in [0.717, 1.165) is 12.1 Å². The Kier molecular flexibility index (Phi) is 7.63. The molecule has 1 aliphatic rings. The quantitative estimate of drug-likeness (QED) is 0.0751. The number of rotatable bonds is 7. The third-order valence-corrected chi connectivity index (χ3v) is 6.13. The molecule has 10 nitrogen and oxygen atoms in total. The van der Waals surface area contributed by atoms with Crippen LogP contribution in [-0.2, 0) is 11.4 Å². The van der Waals surface area contributed by atoms with Crippen molar-refractivity contribution in [2.24, 2.45) is 5.10 Å². The lowest BCUT2D eigenvalue weighted by atomic mass is 10.1. The van der Waals surface area contributed by atoms with Crippen molar-refractivity contribution in [1.29, 1.82) is 0 Å². The van der Waals surface area contributed by atoms with Gasteiger partial charge in [0.1, 0.15) is 12.3 Å². The highest BCUT2D eigenvalue weighted by molar-refractivity contribution is 9.10. The molecule has 0 saturated heterocycles. The van der Waals surface area contributed by atoms with Gasteiger partial charge in [-0.3, -0.25) is 25.0 Å². The lowest BCUT2D eigenvalue weighted by Crippen LogP contribution is -2.25. The molecule has 0 unspecified atom stereocenters. The summed E-state index contributed by atoms with van der Waals surface area (Å²) in [5.74, 6) is -12.9. The highest BCUT2D eigenvalue weighted by Gasteiger charge is 2.37. The van der Waals surface area contributed by atoms with Crippen LogP contribution in [0.4, 0.5) is 39.0 Å². The molecular weight excluding hydrogens is 615 g/mol.